The van der Waals surface area contributed by atoms with Gasteiger partial charge in [-0.1, -0.05) is 5.92 Å². The second-order valence-electron chi connectivity index (χ2n) is 2.21. The van der Waals surface area contributed by atoms with Crippen LogP contribution in [0.4, 0.5) is 13.2 Å². The Labute approximate surface area is 67.4 Å². The van der Waals surface area contributed by atoms with E-state index >= 15 is 0 Å². The molecule has 0 radical (unpaired) electrons. The van der Waals surface area contributed by atoms with E-state index in [1.165, 1.54) is 0 Å². The van der Waals surface area contributed by atoms with Crippen LogP contribution >= 0.6 is 0 Å². The Kier molecular flexibility index (Phi) is 3.61. The number of aliphatic carboxylic acids is 1. The van der Waals surface area contributed by atoms with E-state index in [1.807, 2.05) is 0 Å². The molecule has 0 aliphatic heterocycles. The molecule has 1 atom stereocenters. The molecule has 2 nitrogen and oxygen atoms in total. The van der Waals surface area contributed by atoms with Gasteiger partial charge in [0.15, 0.2) is 0 Å². The number of carbonyl (C=O) groups is 1. The van der Waals surface area contributed by atoms with Gasteiger partial charge in [0.25, 0.3) is 0 Å². The van der Waals surface area contributed by atoms with Crippen LogP contribution in [0.5, 0.6) is 0 Å². The maximum absolute atomic E-state index is 11.6. The Hall–Kier alpha value is -1.18. The molecule has 0 spiro atoms. The fraction of sp³-hybridized carbons (Fsp3) is 0.571. The van der Waals surface area contributed by atoms with E-state index in [4.69, 9.17) is 11.5 Å². The lowest BCUT2D eigenvalue weighted by atomic mass is 10.0. The van der Waals surface area contributed by atoms with Gasteiger partial charge in [0, 0.05) is 6.42 Å². The monoisotopic (exact) mass is 180 g/mol. The minimum absolute atomic E-state index is 0.560. The van der Waals surface area contributed by atoms with Gasteiger partial charge in [0.2, 0.25) is 0 Å². The lowest BCUT2D eigenvalue weighted by Gasteiger charge is -2.07. The second-order valence-corrected chi connectivity index (χ2v) is 2.21. The van der Waals surface area contributed by atoms with Gasteiger partial charge in [-0.25, -0.2) is 0 Å². The fourth-order valence-corrected chi connectivity index (χ4v) is 0.586. The summed E-state index contributed by atoms with van der Waals surface area (Å²) in [5.74, 6) is -0.954. The molecule has 0 rings (SSSR count). The Morgan fingerprint density at radius 3 is 2.33 bits per heavy atom. The number of carboxylic acids is 1. The molecule has 0 aliphatic rings. The van der Waals surface area contributed by atoms with E-state index in [9.17, 15) is 18.0 Å². The standard InChI is InChI=1S/C7H7F3O2/c1-2-5(6(11)12)3-4-7(8,9)10/h1,5H,3-4H2,(H,11,12). The maximum Gasteiger partial charge on any atom is 0.389 e. The highest BCUT2D eigenvalue weighted by molar-refractivity contribution is 5.73. The van der Waals surface area contributed by atoms with Crippen molar-refractivity contribution < 1.29 is 23.1 Å². The van der Waals surface area contributed by atoms with E-state index in [0.717, 1.165) is 0 Å². The molecule has 1 unspecified atom stereocenters. The molecule has 5 heteroatoms. The molecule has 0 bridgehead atoms. The van der Waals surface area contributed by atoms with Crippen LogP contribution in [0.1, 0.15) is 12.8 Å². The predicted molar refractivity (Wildman–Crippen MR) is 35.2 cm³/mol. The lowest BCUT2D eigenvalue weighted by Crippen LogP contribution is -2.16. The quantitative estimate of drug-likeness (QED) is 0.670. The smallest absolute Gasteiger partial charge is 0.389 e. The fourth-order valence-electron chi connectivity index (χ4n) is 0.586. The number of alkyl halides is 3. The van der Waals surface area contributed by atoms with Crippen molar-refractivity contribution in [3.05, 3.63) is 0 Å². The first kappa shape index (κ1) is 10.8. The summed E-state index contributed by atoms with van der Waals surface area (Å²) in [5, 5.41) is 8.26. The molecule has 0 aromatic carbocycles. The third-order valence-corrected chi connectivity index (χ3v) is 1.22. The largest absolute Gasteiger partial charge is 0.480 e. The summed E-state index contributed by atoms with van der Waals surface area (Å²) in [5.41, 5.74) is 0. The highest BCUT2D eigenvalue weighted by atomic mass is 19.4. The molecule has 68 valence electrons. The Morgan fingerprint density at radius 1 is 1.58 bits per heavy atom. The van der Waals surface area contributed by atoms with Crippen LogP contribution in [-0.2, 0) is 4.79 Å². The van der Waals surface area contributed by atoms with Gasteiger partial charge in [-0.2, -0.15) is 13.2 Å². The number of halogens is 3. The number of carboxylic acid groups (broad SMARTS) is 1. The van der Waals surface area contributed by atoms with Crippen LogP contribution in [-0.4, -0.2) is 17.3 Å². The van der Waals surface area contributed by atoms with E-state index in [2.05, 4.69) is 0 Å². The van der Waals surface area contributed by atoms with Gasteiger partial charge in [-0.15, -0.1) is 6.42 Å². The van der Waals surface area contributed by atoms with Crippen molar-refractivity contribution >= 4 is 5.97 Å². The van der Waals surface area contributed by atoms with Crippen LogP contribution in [0.2, 0.25) is 0 Å². The summed E-state index contributed by atoms with van der Waals surface area (Å²) < 4.78 is 34.7. The van der Waals surface area contributed by atoms with Crippen molar-refractivity contribution in [3.8, 4) is 12.3 Å². The molecule has 0 aliphatic carbocycles. The van der Waals surface area contributed by atoms with Gasteiger partial charge >= 0.3 is 12.1 Å². The number of rotatable bonds is 3. The van der Waals surface area contributed by atoms with E-state index in [1.54, 1.807) is 5.92 Å². The number of hydrogen-bond acceptors (Lipinski definition) is 1. The third kappa shape index (κ3) is 4.61. The Balaban J connectivity index is 3.92. The molecule has 0 saturated heterocycles. The SMILES string of the molecule is C#CC(CCC(F)(F)F)C(=O)O. The number of hydrogen-bond donors (Lipinski definition) is 1. The average Bonchev–Trinajstić information content (AvgIpc) is 1.85. The van der Waals surface area contributed by atoms with Crippen molar-refractivity contribution in [3.63, 3.8) is 0 Å². The second kappa shape index (κ2) is 4.00. The van der Waals surface area contributed by atoms with Crippen molar-refractivity contribution in [2.45, 2.75) is 19.0 Å². The van der Waals surface area contributed by atoms with Crippen molar-refractivity contribution in [2.24, 2.45) is 5.92 Å². The molecular formula is C7H7F3O2. The highest BCUT2D eigenvalue weighted by Crippen LogP contribution is 2.23. The molecule has 0 heterocycles. The summed E-state index contributed by atoms with van der Waals surface area (Å²) in [6.07, 6.45) is -1.36. The van der Waals surface area contributed by atoms with Gasteiger partial charge in [0.05, 0.1) is 0 Å². The van der Waals surface area contributed by atoms with Crippen LogP contribution in [0.25, 0.3) is 0 Å². The molecule has 0 amide bonds. The summed E-state index contributed by atoms with van der Waals surface area (Å²) in [4.78, 5) is 10.1. The van der Waals surface area contributed by atoms with E-state index in [0.29, 0.717) is 0 Å². The molecule has 1 N–H and O–H groups in total. The van der Waals surface area contributed by atoms with Gasteiger partial charge < -0.3 is 5.11 Å². The van der Waals surface area contributed by atoms with E-state index in [-0.39, 0.29) is 0 Å². The van der Waals surface area contributed by atoms with Crippen LogP contribution in [0.15, 0.2) is 0 Å². The molecular weight excluding hydrogens is 173 g/mol. The van der Waals surface area contributed by atoms with Gasteiger partial charge in [0.1, 0.15) is 5.92 Å². The minimum Gasteiger partial charge on any atom is -0.480 e. The molecule has 0 fully saturated rings. The first-order chi connectivity index (χ1) is 5.37. The maximum atomic E-state index is 11.6. The summed E-state index contributed by atoms with van der Waals surface area (Å²) >= 11 is 0. The Morgan fingerprint density at radius 2 is 2.08 bits per heavy atom. The first-order valence-electron chi connectivity index (χ1n) is 3.12. The lowest BCUT2D eigenvalue weighted by molar-refractivity contribution is -0.146. The van der Waals surface area contributed by atoms with Gasteiger partial charge in [-0.05, 0) is 6.42 Å². The summed E-state index contributed by atoms with van der Waals surface area (Å²) in [6.45, 7) is 0. The van der Waals surface area contributed by atoms with Gasteiger partial charge in [-0.3, -0.25) is 4.79 Å². The minimum atomic E-state index is -4.34. The Bertz CT molecular complexity index is 202. The van der Waals surface area contributed by atoms with Crippen LogP contribution in [0, 0.1) is 18.3 Å². The zero-order valence-electron chi connectivity index (χ0n) is 6.06. The predicted octanol–water partition coefficient (Wildman–Crippen LogP) is 1.66. The van der Waals surface area contributed by atoms with E-state index < -0.39 is 30.9 Å². The first-order valence-corrected chi connectivity index (χ1v) is 3.12. The van der Waals surface area contributed by atoms with Crippen LogP contribution < -0.4 is 0 Å². The molecule has 12 heavy (non-hydrogen) atoms. The summed E-state index contributed by atoms with van der Waals surface area (Å²) in [6, 6.07) is 0. The van der Waals surface area contributed by atoms with Crippen molar-refractivity contribution in [2.75, 3.05) is 0 Å². The molecule has 0 aromatic rings. The third-order valence-electron chi connectivity index (χ3n) is 1.22. The normalized spacial score (nSPS) is 13.5. The number of terminal acetylenes is 1. The summed E-state index contributed by atoms with van der Waals surface area (Å²) in [7, 11) is 0. The highest BCUT2D eigenvalue weighted by Gasteiger charge is 2.29. The van der Waals surface area contributed by atoms with Crippen LogP contribution in [0.3, 0.4) is 0 Å². The average molecular weight is 180 g/mol. The zero-order valence-corrected chi connectivity index (χ0v) is 6.06. The molecule has 0 saturated carbocycles. The zero-order chi connectivity index (χ0) is 9.78. The topological polar surface area (TPSA) is 37.3 Å². The molecule has 0 aromatic heterocycles. The van der Waals surface area contributed by atoms with Crippen molar-refractivity contribution in [1.82, 2.24) is 0 Å². The van der Waals surface area contributed by atoms with Crippen molar-refractivity contribution in [1.29, 1.82) is 0 Å².